The van der Waals surface area contributed by atoms with Crippen molar-refractivity contribution in [2.75, 3.05) is 0 Å². The van der Waals surface area contributed by atoms with Crippen LogP contribution in [0, 0.1) is 0 Å². The summed E-state index contributed by atoms with van der Waals surface area (Å²) in [5.74, 6) is 1.86. The fourth-order valence-electron chi connectivity index (χ4n) is 10.4. The Labute approximate surface area is 395 Å². The van der Waals surface area contributed by atoms with Gasteiger partial charge in [-0.3, -0.25) is 0 Å². The molecule has 0 unspecified atom stereocenters. The van der Waals surface area contributed by atoms with Crippen LogP contribution in [0.5, 0.6) is 0 Å². The Morgan fingerprint density at radius 1 is 0.294 bits per heavy atom. The van der Waals surface area contributed by atoms with Gasteiger partial charge in [0.05, 0.1) is 16.7 Å². The first-order chi connectivity index (χ1) is 33.7. The highest BCUT2D eigenvalue weighted by molar-refractivity contribution is 7.25. The number of rotatable bonds is 6. The zero-order chi connectivity index (χ0) is 44.7. The number of nitrogens with zero attached hydrogens (tertiary/aromatic N) is 4. The summed E-state index contributed by atoms with van der Waals surface area (Å²) >= 11 is 1.81. The summed E-state index contributed by atoms with van der Waals surface area (Å²) in [5.41, 5.74) is 10.6. The van der Waals surface area contributed by atoms with Crippen molar-refractivity contribution in [1.29, 1.82) is 0 Å². The van der Waals surface area contributed by atoms with Crippen LogP contribution in [0.4, 0.5) is 0 Å². The Bertz CT molecular complexity index is 4320. The Kier molecular flexibility index (Phi) is 8.73. The zero-order valence-electron chi connectivity index (χ0n) is 36.6. The minimum absolute atomic E-state index is 0.615. The topological polar surface area (TPSA) is 43.6 Å². The largest absolute Gasteiger partial charge is 0.309 e. The normalized spacial score (nSPS) is 11.8. The van der Waals surface area contributed by atoms with Gasteiger partial charge in [0, 0.05) is 53.0 Å². The monoisotopic (exact) mass is 882 g/mol. The predicted molar refractivity (Wildman–Crippen MR) is 287 cm³/mol. The maximum absolute atomic E-state index is 5.57. The lowest BCUT2D eigenvalue weighted by atomic mass is 9.88. The van der Waals surface area contributed by atoms with E-state index in [1.165, 1.54) is 41.7 Å². The molecule has 0 saturated heterocycles. The molecule has 4 nitrogen and oxygen atoms in total. The number of aromatic nitrogens is 4. The molecule has 0 aliphatic carbocycles. The average molecular weight is 883 g/mol. The molecule has 0 N–H and O–H groups in total. The van der Waals surface area contributed by atoms with E-state index in [-0.39, 0.29) is 0 Å². The van der Waals surface area contributed by atoms with Gasteiger partial charge < -0.3 is 4.57 Å². The molecular formula is C63H38N4S. The van der Waals surface area contributed by atoms with E-state index in [1.807, 2.05) is 29.5 Å². The summed E-state index contributed by atoms with van der Waals surface area (Å²) in [6, 6.07) is 83.1. The second kappa shape index (κ2) is 15.4. The molecule has 0 fully saturated rings. The van der Waals surface area contributed by atoms with Gasteiger partial charge in [-0.15, -0.1) is 11.3 Å². The maximum atomic E-state index is 5.57. The summed E-state index contributed by atoms with van der Waals surface area (Å²) in [6.45, 7) is 0. The van der Waals surface area contributed by atoms with Gasteiger partial charge in [-0.25, -0.2) is 15.0 Å². The van der Waals surface area contributed by atoms with Crippen LogP contribution in [-0.4, -0.2) is 19.5 Å². The first kappa shape index (κ1) is 38.5. The lowest BCUT2D eigenvalue weighted by Crippen LogP contribution is -2.04. The molecule has 14 rings (SSSR count). The smallest absolute Gasteiger partial charge is 0.165 e. The van der Waals surface area contributed by atoms with Gasteiger partial charge in [0.2, 0.25) is 0 Å². The number of para-hydroxylation sites is 1. The van der Waals surface area contributed by atoms with Crippen LogP contribution in [0.25, 0.3) is 136 Å². The van der Waals surface area contributed by atoms with Crippen molar-refractivity contribution in [3.05, 3.63) is 231 Å². The van der Waals surface area contributed by atoms with Gasteiger partial charge in [0.25, 0.3) is 0 Å². The number of hydrogen-bond donors (Lipinski definition) is 0. The van der Waals surface area contributed by atoms with Gasteiger partial charge in [-0.05, 0) is 104 Å². The van der Waals surface area contributed by atoms with Crippen molar-refractivity contribution in [1.82, 2.24) is 19.5 Å². The van der Waals surface area contributed by atoms with E-state index < -0.39 is 0 Å². The molecule has 0 atom stereocenters. The molecular weight excluding hydrogens is 845 g/mol. The molecule has 0 radical (unpaired) electrons. The maximum Gasteiger partial charge on any atom is 0.165 e. The Morgan fingerprint density at radius 3 is 1.72 bits per heavy atom. The fraction of sp³-hybridized carbons (Fsp3) is 0. The molecule has 0 aliphatic heterocycles. The highest BCUT2D eigenvalue weighted by Gasteiger charge is 2.25. The second-order valence-electron chi connectivity index (χ2n) is 17.5. The minimum atomic E-state index is 0.615. The summed E-state index contributed by atoms with van der Waals surface area (Å²) < 4.78 is 4.99. The molecule has 0 saturated carbocycles. The van der Waals surface area contributed by atoms with Crippen molar-refractivity contribution in [2.45, 2.75) is 0 Å². The summed E-state index contributed by atoms with van der Waals surface area (Å²) in [6.07, 6.45) is 0. The van der Waals surface area contributed by atoms with Crippen LogP contribution < -0.4 is 0 Å². The van der Waals surface area contributed by atoms with E-state index in [0.717, 1.165) is 77.2 Å². The van der Waals surface area contributed by atoms with Gasteiger partial charge >= 0.3 is 0 Å². The third-order valence-electron chi connectivity index (χ3n) is 13.6. The molecule has 5 heteroatoms. The highest BCUT2D eigenvalue weighted by Crippen LogP contribution is 2.47. The fourth-order valence-corrected chi connectivity index (χ4v) is 11.5. The second-order valence-corrected chi connectivity index (χ2v) is 18.6. The molecule has 316 valence electrons. The Morgan fingerprint density at radius 2 is 0.897 bits per heavy atom. The first-order valence-corrected chi connectivity index (χ1v) is 23.8. The number of thiophene rings is 1. The minimum Gasteiger partial charge on any atom is -0.309 e. The van der Waals surface area contributed by atoms with Gasteiger partial charge in [-0.1, -0.05) is 176 Å². The molecule has 11 aromatic carbocycles. The quantitative estimate of drug-likeness (QED) is 0.167. The summed E-state index contributed by atoms with van der Waals surface area (Å²) in [5, 5.41) is 11.7. The van der Waals surface area contributed by atoms with Crippen LogP contribution in [-0.2, 0) is 0 Å². The number of hydrogen-bond acceptors (Lipinski definition) is 4. The first-order valence-electron chi connectivity index (χ1n) is 23.0. The van der Waals surface area contributed by atoms with E-state index >= 15 is 0 Å². The third kappa shape index (κ3) is 6.17. The molecule has 0 aliphatic rings. The third-order valence-corrected chi connectivity index (χ3v) is 14.8. The van der Waals surface area contributed by atoms with E-state index in [0.29, 0.717) is 17.5 Å². The van der Waals surface area contributed by atoms with Crippen LogP contribution in [0.15, 0.2) is 231 Å². The van der Waals surface area contributed by atoms with Crippen LogP contribution >= 0.6 is 11.3 Å². The van der Waals surface area contributed by atoms with Crippen LogP contribution in [0.3, 0.4) is 0 Å². The predicted octanol–water partition coefficient (Wildman–Crippen LogP) is 17.1. The van der Waals surface area contributed by atoms with Crippen molar-refractivity contribution < 1.29 is 0 Å². The van der Waals surface area contributed by atoms with Crippen molar-refractivity contribution >= 4 is 85.6 Å². The molecule has 3 aromatic heterocycles. The summed E-state index contributed by atoms with van der Waals surface area (Å²) in [7, 11) is 0. The average Bonchev–Trinajstić information content (AvgIpc) is 3.94. The van der Waals surface area contributed by atoms with Crippen LogP contribution in [0.1, 0.15) is 0 Å². The van der Waals surface area contributed by atoms with E-state index in [4.69, 9.17) is 15.0 Å². The van der Waals surface area contributed by atoms with Crippen LogP contribution in [0.2, 0.25) is 0 Å². The Hall–Kier alpha value is -8.77. The SMILES string of the molecule is c1ccc(-c2ccc3c(-c4nc(-c5ccccc5)nc(-c5ccc6sc7ccccc7c6c5)n4)c(-c4cccc5ccccc45)cc(-n4c5ccccc5c5cc6ccccc6cc54)c3c2)cc1. The number of benzene rings is 11. The molecule has 0 bridgehead atoms. The molecule has 14 aromatic rings. The standard InChI is InChI=1S/C63H38N4S/c1-3-16-39(17-4-1)44-30-32-50-52(35-44)57(67-55-28-13-11-25-48(55)51-34-42-21-7-8-22-43(42)37-56(51)67)38-54(47-27-15-23-40-18-9-10-24-46(40)47)60(50)63-65-61(41-19-5-2-6-20-41)64-62(66-63)45-31-33-59-53(36-45)49-26-12-14-29-58(49)68-59/h1-38H. The van der Waals surface area contributed by atoms with E-state index in [1.54, 1.807) is 0 Å². The van der Waals surface area contributed by atoms with E-state index in [2.05, 4.69) is 217 Å². The van der Waals surface area contributed by atoms with Crippen molar-refractivity contribution in [3.8, 4) is 62.1 Å². The molecule has 0 spiro atoms. The van der Waals surface area contributed by atoms with E-state index in [9.17, 15) is 0 Å². The molecule has 68 heavy (non-hydrogen) atoms. The Balaban J connectivity index is 1.14. The van der Waals surface area contributed by atoms with Crippen molar-refractivity contribution in [2.24, 2.45) is 0 Å². The number of fused-ring (bicyclic) bond motifs is 9. The highest BCUT2D eigenvalue weighted by atomic mass is 32.1. The lowest BCUT2D eigenvalue weighted by Gasteiger charge is -2.21. The van der Waals surface area contributed by atoms with Gasteiger partial charge in [0.1, 0.15) is 0 Å². The molecule has 0 amide bonds. The van der Waals surface area contributed by atoms with Gasteiger partial charge in [0.15, 0.2) is 17.5 Å². The molecule has 3 heterocycles. The van der Waals surface area contributed by atoms with Crippen molar-refractivity contribution in [3.63, 3.8) is 0 Å². The summed E-state index contributed by atoms with van der Waals surface area (Å²) in [4.78, 5) is 16.4. The zero-order valence-corrected chi connectivity index (χ0v) is 37.5. The lowest BCUT2D eigenvalue weighted by molar-refractivity contribution is 1.08. The van der Waals surface area contributed by atoms with Gasteiger partial charge in [-0.2, -0.15) is 0 Å².